The second-order valence-corrected chi connectivity index (χ2v) is 6.58. The predicted octanol–water partition coefficient (Wildman–Crippen LogP) is 3.66. The van der Waals surface area contributed by atoms with Gasteiger partial charge in [-0.1, -0.05) is 18.2 Å². The predicted molar refractivity (Wildman–Crippen MR) is 95.3 cm³/mol. The van der Waals surface area contributed by atoms with E-state index in [1.54, 1.807) is 7.11 Å². The third-order valence-electron chi connectivity index (χ3n) is 3.23. The van der Waals surface area contributed by atoms with Crippen molar-refractivity contribution in [3.05, 3.63) is 41.6 Å². The highest BCUT2D eigenvalue weighted by Gasteiger charge is 2.12. The first-order chi connectivity index (χ1) is 10.9. The fourth-order valence-corrected chi connectivity index (χ4v) is 2.29. The van der Waals surface area contributed by atoms with Crippen molar-refractivity contribution in [1.29, 1.82) is 0 Å². The number of aryl methyl sites for hydroxylation is 1. The van der Waals surface area contributed by atoms with E-state index in [1.807, 2.05) is 31.2 Å². The number of para-hydroxylation sites is 1. The molecule has 0 fully saturated rings. The van der Waals surface area contributed by atoms with Crippen molar-refractivity contribution in [3.8, 4) is 5.75 Å². The average Bonchev–Trinajstić information content (AvgIpc) is 2.45. The Labute approximate surface area is 138 Å². The fraction of sp³-hybridized carbons (Fsp3) is 0.444. The average molecular weight is 314 g/mol. The van der Waals surface area contributed by atoms with E-state index in [1.165, 1.54) is 5.56 Å². The van der Waals surface area contributed by atoms with Crippen molar-refractivity contribution in [2.24, 2.45) is 0 Å². The number of nitrogens with one attached hydrogen (secondary N) is 2. The Balaban J connectivity index is 2.00. The normalized spacial score (nSPS) is 11.2. The molecule has 2 N–H and O–H groups in total. The van der Waals surface area contributed by atoms with E-state index in [4.69, 9.17) is 4.74 Å². The SMILES string of the molecule is COc1ccccc1CCNc1cc(C)nc(NC(C)(C)C)n1. The van der Waals surface area contributed by atoms with Gasteiger partial charge in [0.05, 0.1) is 7.11 Å². The first kappa shape index (κ1) is 17.1. The molecule has 1 aromatic carbocycles. The lowest BCUT2D eigenvalue weighted by Gasteiger charge is -2.21. The van der Waals surface area contributed by atoms with E-state index in [-0.39, 0.29) is 5.54 Å². The summed E-state index contributed by atoms with van der Waals surface area (Å²) in [7, 11) is 1.70. The Morgan fingerprint density at radius 2 is 1.87 bits per heavy atom. The summed E-state index contributed by atoms with van der Waals surface area (Å²) in [6.07, 6.45) is 0.870. The van der Waals surface area contributed by atoms with Crippen LogP contribution in [0.25, 0.3) is 0 Å². The zero-order valence-electron chi connectivity index (χ0n) is 14.6. The first-order valence-electron chi connectivity index (χ1n) is 7.87. The number of hydrogen-bond donors (Lipinski definition) is 2. The quantitative estimate of drug-likeness (QED) is 0.852. The minimum absolute atomic E-state index is 0.0670. The third kappa shape index (κ3) is 5.43. The van der Waals surface area contributed by atoms with Crippen LogP contribution in [0.2, 0.25) is 0 Å². The molecule has 124 valence electrons. The van der Waals surface area contributed by atoms with E-state index in [0.717, 1.165) is 30.2 Å². The highest BCUT2D eigenvalue weighted by atomic mass is 16.5. The van der Waals surface area contributed by atoms with Crippen molar-refractivity contribution < 1.29 is 4.74 Å². The molecule has 0 amide bonds. The number of benzene rings is 1. The molecular weight excluding hydrogens is 288 g/mol. The summed E-state index contributed by atoms with van der Waals surface area (Å²) in [6.45, 7) is 9.03. The fourth-order valence-electron chi connectivity index (χ4n) is 2.29. The van der Waals surface area contributed by atoms with Gasteiger partial charge in [-0.2, -0.15) is 4.98 Å². The molecule has 0 aliphatic rings. The molecule has 23 heavy (non-hydrogen) atoms. The number of nitrogens with zero attached hydrogens (tertiary/aromatic N) is 2. The van der Waals surface area contributed by atoms with Crippen molar-refractivity contribution in [2.45, 2.75) is 39.7 Å². The molecule has 0 saturated carbocycles. The number of anilines is 2. The molecule has 0 unspecified atom stereocenters. The number of aromatic nitrogens is 2. The highest BCUT2D eigenvalue weighted by molar-refractivity contribution is 5.43. The van der Waals surface area contributed by atoms with Crippen LogP contribution in [0.3, 0.4) is 0 Å². The van der Waals surface area contributed by atoms with Crippen molar-refractivity contribution >= 4 is 11.8 Å². The number of ether oxygens (including phenoxy) is 1. The van der Waals surface area contributed by atoms with E-state index >= 15 is 0 Å². The van der Waals surface area contributed by atoms with Crippen LogP contribution in [-0.4, -0.2) is 29.2 Å². The summed E-state index contributed by atoms with van der Waals surface area (Å²) in [5.74, 6) is 2.40. The molecule has 0 aliphatic heterocycles. The maximum atomic E-state index is 5.38. The molecule has 0 saturated heterocycles. The first-order valence-corrected chi connectivity index (χ1v) is 7.87. The second-order valence-electron chi connectivity index (χ2n) is 6.58. The summed E-state index contributed by atoms with van der Waals surface area (Å²) < 4.78 is 5.38. The number of hydrogen-bond acceptors (Lipinski definition) is 5. The van der Waals surface area contributed by atoms with Crippen LogP contribution in [0.4, 0.5) is 11.8 Å². The van der Waals surface area contributed by atoms with E-state index in [2.05, 4.69) is 47.4 Å². The summed E-state index contributed by atoms with van der Waals surface area (Å²) in [4.78, 5) is 8.96. The largest absolute Gasteiger partial charge is 0.496 e. The van der Waals surface area contributed by atoms with Crippen LogP contribution in [0.1, 0.15) is 32.0 Å². The monoisotopic (exact) mass is 314 g/mol. The molecule has 2 aromatic rings. The zero-order chi connectivity index (χ0) is 16.9. The van der Waals surface area contributed by atoms with E-state index < -0.39 is 0 Å². The van der Waals surface area contributed by atoms with Gasteiger partial charge in [-0.25, -0.2) is 4.98 Å². The number of rotatable bonds is 6. The lowest BCUT2D eigenvalue weighted by atomic mass is 10.1. The number of methoxy groups -OCH3 is 1. The maximum absolute atomic E-state index is 5.38. The Morgan fingerprint density at radius 3 is 2.57 bits per heavy atom. The molecule has 1 heterocycles. The molecule has 0 bridgehead atoms. The van der Waals surface area contributed by atoms with Gasteiger partial charge in [0.2, 0.25) is 5.95 Å². The minimum atomic E-state index is -0.0670. The van der Waals surface area contributed by atoms with E-state index in [0.29, 0.717) is 5.95 Å². The standard InChI is InChI=1S/C18H26N4O/c1-13-12-16(21-17(20-13)22-18(2,3)4)19-11-10-14-8-6-7-9-15(14)23-5/h6-9,12H,10-11H2,1-5H3,(H2,19,20,21,22). The van der Waals surface area contributed by atoms with Crippen molar-refractivity contribution in [1.82, 2.24) is 9.97 Å². The maximum Gasteiger partial charge on any atom is 0.225 e. The van der Waals surface area contributed by atoms with Gasteiger partial charge >= 0.3 is 0 Å². The summed E-state index contributed by atoms with van der Waals surface area (Å²) in [6, 6.07) is 10.0. The van der Waals surface area contributed by atoms with Crippen LogP contribution in [-0.2, 0) is 6.42 Å². The van der Waals surface area contributed by atoms with E-state index in [9.17, 15) is 0 Å². The molecule has 0 aliphatic carbocycles. The summed E-state index contributed by atoms with van der Waals surface area (Å²) in [5, 5.41) is 6.67. The Bertz CT molecular complexity index is 650. The Kier molecular flexibility index (Phi) is 5.42. The molecule has 1 aromatic heterocycles. The van der Waals surface area contributed by atoms with Gasteiger partial charge < -0.3 is 15.4 Å². The Hall–Kier alpha value is -2.30. The molecule has 0 spiro atoms. The van der Waals surface area contributed by atoms with Crippen LogP contribution >= 0.6 is 0 Å². The second kappa shape index (κ2) is 7.31. The van der Waals surface area contributed by atoms with Crippen LogP contribution < -0.4 is 15.4 Å². The molecule has 5 nitrogen and oxygen atoms in total. The smallest absolute Gasteiger partial charge is 0.225 e. The molecule has 5 heteroatoms. The van der Waals surface area contributed by atoms with Crippen LogP contribution in [0, 0.1) is 6.92 Å². The lowest BCUT2D eigenvalue weighted by molar-refractivity contribution is 0.410. The molecule has 0 radical (unpaired) electrons. The van der Waals surface area contributed by atoms with Gasteiger partial charge in [0.1, 0.15) is 11.6 Å². The van der Waals surface area contributed by atoms with Gasteiger partial charge in [0, 0.05) is 23.8 Å². The van der Waals surface area contributed by atoms with Gasteiger partial charge in [-0.15, -0.1) is 0 Å². The molecular formula is C18H26N4O. The topological polar surface area (TPSA) is 59.1 Å². The molecule has 2 rings (SSSR count). The summed E-state index contributed by atoms with van der Waals surface area (Å²) >= 11 is 0. The molecule has 0 atom stereocenters. The van der Waals surface area contributed by atoms with Gasteiger partial charge in [0.15, 0.2) is 0 Å². The van der Waals surface area contributed by atoms with Crippen molar-refractivity contribution in [2.75, 3.05) is 24.3 Å². The van der Waals surface area contributed by atoms with Crippen molar-refractivity contribution in [3.63, 3.8) is 0 Å². The van der Waals surface area contributed by atoms with Gasteiger partial charge in [-0.3, -0.25) is 0 Å². The Morgan fingerprint density at radius 1 is 1.13 bits per heavy atom. The van der Waals surface area contributed by atoms with Crippen LogP contribution in [0.5, 0.6) is 5.75 Å². The van der Waals surface area contributed by atoms with Crippen LogP contribution in [0.15, 0.2) is 30.3 Å². The summed E-state index contributed by atoms with van der Waals surface area (Å²) in [5.41, 5.74) is 2.05. The third-order valence-corrected chi connectivity index (χ3v) is 3.23. The van der Waals surface area contributed by atoms with Gasteiger partial charge in [-0.05, 0) is 45.7 Å². The minimum Gasteiger partial charge on any atom is -0.496 e. The zero-order valence-corrected chi connectivity index (χ0v) is 14.6. The highest BCUT2D eigenvalue weighted by Crippen LogP contribution is 2.18. The van der Waals surface area contributed by atoms with Gasteiger partial charge in [0.25, 0.3) is 0 Å². The lowest BCUT2D eigenvalue weighted by Crippen LogP contribution is -2.27.